The quantitative estimate of drug-likeness (QED) is 0.365. The first-order valence-electron chi connectivity index (χ1n) is 8.80. The number of rotatable bonds is 5. The van der Waals surface area contributed by atoms with Crippen molar-refractivity contribution < 1.29 is 22.6 Å². The van der Waals surface area contributed by atoms with Crippen LogP contribution in [0.5, 0.6) is 0 Å². The Balaban J connectivity index is 1.94. The van der Waals surface area contributed by atoms with Gasteiger partial charge in [-0.15, -0.1) is 0 Å². The molecule has 0 aliphatic rings. The van der Waals surface area contributed by atoms with Gasteiger partial charge in [-0.05, 0) is 53.6 Å². The van der Waals surface area contributed by atoms with Gasteiger partial charge in [0.2, 0.25) is 5.91 Å². The highest BCUT2D eigenvalue weighted by Gasteiger charge is 2.19. The van der Waals surface area contributed by atoms with E-state index in [4.69, 9.17) is 5.73 Å². The molecule has 0 heterocycles. The molecule has 0 aromatic heterocycles. The standard InChI is InChI=1S/C21H19N3O5S/c1-13(25)23-18-8-5-14(6-9-18)15-7-10-19(20(12-15)30(27,28)29)24-21(26)16-3-2-4-17(22)11-16/h2-12H,22H2,1H3,(H,23,25)(H,24,26)(H,27,28,29). The van der Waals surface area contributed by atoms with Crippen LogP contribution in [0.4, 0.5) is 17.1 Å². The van der Waals surface area contributed by atoms with Crippen LogP contribution < -0.4 is 16.4 Å². The van der Waals surface area contributed by atoms with E-state index in [1.165, 1.54) is 31.2 Å². The summed E-state index contributed by atoms with van der Waals surface area (Å²) in [6, 6.07) is 17.2. The predicted octanol–water partition coefficient (Wildman–Crippen LogP) is 3.39. The number of hydrogen-bond donors (Lipinski definition) is 4. The van der Waals surface area contributed by atoms with Crippen LogP contribution >= 0.6 is 0 Å². The fourth-order valence-corrected chi connectivity index (χ4v) is 3.52. The third-order valence-corrected chi connectivity index (χ3v) is 5.09. The van der Waals surface area contributed by atoms with Gasteiger partial charge in [0.15, 0.2) is 0 Å². The molecule has 154 valence electrons. The first-order valence-corrected chi connectivity index (χ1v) is 10.2. The van der Waals surface area contributed by atoms with Gasteiger partial charge in [0, 0.05) is 23.9 Å². The Morgan fingerprint density at radius 2 is 1.57 bits per heavy atom. The molecular weight excluding hydrogens is 406 g/mol. The molecule has 0 radical (unpaired) electrons. The van der Waals surface area contributed by atoms with E-state index in [2.05, 4.69) is 10.6 Å². The summed E-state index contributed by atoms with van der Waals surface area (Å²) in [5.74, 6) is -0.781. The van der Waals surface area contributed by atoms with E-state index in [-0.39, 0.29) is 17.2 Å². The first-order chi connectivity index (χ1) is 14.1. The van der Waals surface area contributed by atoms with Crippen LogP contribution in [-0.2, 0) is 14.9 Å². The summed E-state index contributed by atoms with van der Waals surface area (Å²) < 4.78 is 33.5. The van der Waals surface area contributed by atoms with Crippen LogP contribution in [0.15, 0.2) is 71.6 Å². The highest BCUT2D eigenvalue weighted by molar-refractivity contribution is 7.86. The average Bonchev–Trinajstić information content (AvgIpc) is 2.67. The smallest absolute Gasteiger partial charge is 0.296 e. The lowest BCUT2D eigenvalue weighted by molar-refractivity contribution is -0.114. The van der Waals surface area contributed by atoms with Crippen molar-refractivity contribution in [3.8, 4) is 11.1 Å². The molecule has 0 aliphatic heterocycles. The summed E-state index contributed by atoms with van der Waals surface area (Å²) in [5.41, 5.74) is 7.98. The van der Waals surface area contributed by atoms with Crippen molar-refractivity contribution in [1.82, 2.24) is 0 Å². The van der Waals surface area contributed by atoms with E-state index in [1.54, 1.807) is 42.5 Å². The second-order valence-electron chi connectivity index (χ2n) is 6.52. The van der Waals surface area contributed by atoms with Crippen LogP contribution in [0.1, 0.15) is 17.3 Å². The summed E-state index contributed by atoms with van der Waals surface area (Å²) in [4.78, 5) is 23.1. The van der Waals surface area contributed by atoms with Crippen molar-refractivity contribution in [2.75, 3.05) is 16.4 Å². The zero-order valence-electron chi connectivity index (χ0n) is 15.9. The van der Waals surface area contributed by atoms with Gasteiger partial charge in [-0.3, -0.25) is 14.1 Å². The number of carbonyl (C=O) groups is 2. The zero-order valence-corrected chi connectivity index (χ0v) is 16.7. The van der Waals surface area contributed by atoms with Crippen LogP contribution in [0, 0.1) is 0 Å². The Bertz CT molecular complexity index is 1220. The van der Waals surface area contributed by atoms with Crippen molar-refractivity contribution in [2.45, 2.75) is 11.8 Å². The van der Waals surface area contributed by atoms with Gasteiger partial charge in [0.25, 0.3) is 16.0 Å². The van der Waals surface area contributed by atoms with Gasteiger partial charge in [0.1, 0.15) is 4.90 Å². The number of benzene rings is 3. The fraction of sp³-hybridized carbons (Fsp3) is 0.0476. The van der Waals surface area contributed by atoms with Gasteiger partial charge in [0.05, 0.1) is 5.69 Å². The number of hydrogen-bond acceptors (Lipinski definition) is 5. The van der Waals surface area contributed by atoms with Gasteiger partial charge in [-0.2, -0.15) is 8.42 Å². The molecular formula is C21H19N3O5S. The molecule has 0 fully saturated rings. The van der Waals surface area contributed by atoms with Crippen LogP contribution in [0.3, 0.4) is 0 Å². The molecule has 5 N–H and O–H groups in total. The Kier molecular flexibility index (Phi) is 5.86. The summed E-state index contributed by atoms with van der Waals surface area (Å²) >= 11 is 0. The van der Waals surface area contributed by atoms with Crippen molar-refractivity contribution in [2.24, 2.45) is 0 Å². The minimum absolute atomic E-state index is 0.0662. The molecule has 0 aliphatic carbocycles. The monoisotopic (exact) mass is 425 g/mol. The average molecular weight is 425 g/mol. The lowest BCUT2D eigenvalue weighted by Gasteiger charge is -2.12. The maximum atomic E-state index is 12.4. The van der Waals surface area contributed by atoms with Crippen molar-refractivity contribution in [3.05, 3.63) is 72.3 Å². The van der Waals surface area contributed by atoms with Gasteiger partial charge >= 0.3 is 0 Å². The van der Waals surface area contributed by atoms with E-state index in [9.17, 15) is 22.6 Å². The van der Waals surface area contributed by atoms with Gasteiger partial charge < -0.3 is 16.4 Å². The molecule has 2 amide bonds. The SMILES string of the molecule is CC(=O)Nc1ccc(-c2ccc(NC(=O)c3cccc(N)c3)c(S(=O)(=O)O)c2)cc1. The van der Waals surface area contributed by atoms with Crippen molar-refractivity contribution in [3.63, 3.8) is 0 Å². The fourth-order valence-electron chi connectivity index (χ4n) is 2.84. The van der Waals surface area contributed by atoms with E-state index in [0.717, 1.165) is 0 Å². The number of anilines is 3. The lowest BCUT2D eigenvalue weighted by atomic mass is 10.0. The zero-order chi connectivity index (χ0) is 21.9. The molecule has 3 rings (SSSR count). The minimum atomic E-state index is -4.62. The number of amides is 2. The molecule has 0 atom stereocenters. The third kappa shape index (κ3) is 5.02. The molecule has 30 heavy (non-hydrogen) atoms. The predicted molar refractivity (Wildman–Crippen MR) is 115 cm³/mol. The third-order valence-electron chi connectivity index (χ3n) is 4.20. The van der Waals surface area contributed by atoms with Crippen molar-refractivity contribution in [1.29, 1.82) is 0 Å². The Morgan fingerprint density at radius 3 is 2.17 bits per heavy atom. The Labute approximate surface area is 173 Å². The summed E-state index contributed by atoms with van der Waals surface area (Å²) in [7, 11) is -4.62. The lowest BCUT2D eigenvalue weighted by Crippen LogP contribution is -2.15. The molecule has 3 aromatic carbocycles. The summed E-state index contributed by atoms with van der Waals surface area (Å²) in [6.07, 6.45) is 0. The molecule has 0 bridgehead atoms. The molecule has 3 aromatic rings. The topological polar surface area (TPSA) is 139 Å². The number of nitrogens with one attached hydrogen (secondary N) is 2. The second-order valence-corrected chi connectivity index (χ2v) is 7.91. The summed E-state index contributed by atoms with van der Waals surface area (Å²) in [6.45, 7) is 1.39. The maximum Gasteiger partial charge on any atom is 0.296 e. The number of carbonyl (C=O) groups excluding carboxylic acids is 2. The molecule has 8 nitrogen and oxygen atoms in total. The molecule has 0 saturated carbocycles. The normalized spacial score (nSPS) is 11.0. The summed E-state index contributed by atoms with van der Waals surface area (Å²) in [5, 5.41) is 5.13. The largest absolute Gasteiger partial charge is 0.399 e. The van der Waals surface area contributed by atoms with Crippen LogP contribution in [0.25, 0.3) is 11.1 Å². The van der Waals surface area contributed by atoms with Crippen LogP contribution in [-0.4, -0.2) is 24.8 Å². The van der Waals surface area contributed by atoms with E-state index in [1.807, 2.05) is 0 Å². The van der Waals surface area contributed by atoms with Gasteiger partial charge in [-0.25, -0.2) is 0 Å². The highest BCUT2D eigenvalue weighted by Crippen LogP contribution is 2.29. The number of nitrogen functional groups attached to an aromatic ring is 1. The van der Waals surface area contributed by atoms with E-state index in [0.29, 0.717) is 22.5 Å². The second kappa shape index (κ2) is 8.36. The minimum Gasteiger partial charge on any atom is -0.399 e. The molecule has 0 unspecified atom stereocenters. The Hall–Kier alpha value is -3.69. The first kappa shape index (κ1) is 21.0. The van der Waals surface area contributed by atoms with Crippen molar-refractivity contribution >= 4 is 39.0 Å². The highest BCUT2D eigenvalue weighted by atomic mass is 32.2. The Morgan fingerprint density at radius 1 is 0.900 bits per heavy atom. The molecule has 9 heteroatoms. The van der Waals surface area contributed by atoms with Crippen LogP contribution in [0.2, 0.25) is 0 Å². The van der Waals surface area contributed by atoms with E-state index < -0.39 is 20.9 Å². The molecule has 0 saturated heterocycles. The number of nitrogens with two attached hydrogens (primary N) is 1. The van der Waals surface area contributed by atoms with E-state index >= 15 is 0 Å². The maximum absolute atomic E-state index is 12.4. The van der Waals surface area contributed by atoms with Gasteiger partial charge in [-0.1, -0.05) is 24.3 Å². The molecule has 0 spiro atoms.